The van der Waals surface area contributed by atoms with Crippen LogP contribution in [0.4, 0.5) is 11.4 Å². The Bertz CT molecular complexity index is 1170. The summed E-state index contributed by atoms with van der Waals surface area (Å²) in [5.41, 5.74) is 2.53. The summed E-state index contributed by atoms with van der Waals surface area (Å²) in [5.74, 6) is -0.255. The number of rotatable bonds is 11. The maximum absolute atomic E-state index is 13.6. The van der Waals surface area contributed by atoms with Gasteiger partial charge < -0.3 is 21.1 Å². The van der Waals surface area contributed by atoms with Crippen LogP contribution in [0.15, 0.2) is 48.5 Å². The summed E-state index contributed by atoms with van der Waals surface area (Å²) in [4.78, 5) is 13.6. The molecule has 0 spiro atoms. The third-order valence-corrected chi connectivity index (χ3v) is 9.08. The van der Waals surface area contributed by atoms with Crippen LogP contribution < -0.4 is 20.3 Å². The lowest BCUT2D eigenvalue weighted by Gasteiger charge is -2.31. The van der Waals surface area contributed by atoms with Gasteiger partial charge in [-0.1, -0.05) is 51.1 Å². The zero-order chi connectivity index (χ0) is 27.9. The SMILES string of the molecule is CCNc1cc(C(=O)N[C@@H](Cc2ccccc2)[C@H](O)CN[C@H](C)C(C)(C)C)cc(N2CCCCS2(=O)=O)c1.Cl. The minimum atomic E-state index is -3.43. The molecule has 8 nitrogen and oxygen atoms in total. The van der Waals surface area contributed by atoms with E-state index in [1.54, 1.807) is 18.2 Å². The van der Waals surface area contributed by atoms with E-state index in [1.807, 2.05) is 37.3 Å². The van der Waals surface area contributed by atoms with Gasteiger partial charge in [0.25, 0.3) is 5.91 Å². The number of aliphatic hydroxyl groups excluding tert-OH is 1. The molecule has 0 aliphatic carbocycles. The summed E-state index contributed by atoms with van der Waals surface area (Å²) in [6.45, 7) is 11.8. The van der Waals surface area contributed by atoms with Gasteiger partial charge in [0.05, 0.1) is 23.6 Å². The Morgan fingerprint density at radius 1 is 1.10 bits per heavy atom. The lowest BCUT2D eigenvalue weighted by atomic mass is 9.88. The standard InChI is InChI=1S/C29H44N4O4S.ClH/c1-6-30-24-17-23(18-25(19-24)33-14-10-11-15-38(33,36)37)28(35)32-26(16-22-12-8-7-9-13-22)27(34)20-31-21(2)29(3,4)5;/h7-9,12-13,17-19,21,26-27,30-31,34H,6,10-11,14-16,20H2,1-5H3,(H,32,35);1H/t21-,26+,27-;/m1./s1. The number of halogens is 1. The third kappa shape index (κ3) is 9.38. The number of carbonyl (C=O) groups is 1. The van der Waals surface area contributed by atoms with Gasteiger partial charge in [0.15, 0.2) is 0 Å². The van der Waals surface area contributed by atoms with Crippen LogP contribution in [0.5, 0.6) is 0 Å². The summed E-state index contributed by atoms with van der Waals surface area (Å²) >= 11 is 0. The molecule has 4 N–H and O–H groups in total. The van der Waals surface area contributed by atoms with Crippen molar-refractivity contribution in [2.45, 2.75) is 72.1 Å². The van der Waals surface area contributed by atoms with Crippen LogP contribution in [0, 0.1) is 5.41 Å². The molecule has 0 bridgehead atoms. The molecule has 0 radical (unpaired) electrons. The van der Waals surface area contributed by atoms with E-state index >= 15 is 0 Å². The Labute approximate surface area is 240 Å². The first-order valence-corrected chi connectivity index (χ1v) is 15.2. The summed E-state index contributed by atoms with van der Waals surface area (Å²) in [5, 5.41) is 20.8. The molecule has 1 amide bonds. The van der Waals surface area contributed by atoms with Gasteiger partial charge >= 0.3 is 0 Å². The normalized spacial score (nSPS) is 17.4. The average molecular weight is 581 g/mol. The van der Waals surface area contributed by atoms with Crippen molar-refractivity contribution in [1.82, 2.24) is 10.6 Å². The first kappa shape index (κ1) is 32.9. The van der Waals surface area contributed by atoms with Gasteiger partial charge in [-0.3, -0.25) is 9.10 Å². The number of amides is 1. The van der Waals surface area contributed by atoms with E-state index in [4.69, 9.17) is 0 Å². The van der Waals surface area contributed by atoms with Gasteiger partial charge in [0.1, 0.15) is 0 Å². The van der Waals surface area contributed by atoms with Gasteiger partial charge in [-0.25, -0.2) is 8.42 Å². The number of carbonyl (C=O) groups excluding carboxylic acids is 1. The van der Waals surface area contributed by atoms with Crippen molar-refractivity contribution >= 4 is 39.7 Å². The summed E-state index contributed by atoms with van der Waals surface area (Å²) < 4.78 is 26.9. The Morgan fingerprint density at radius 2 is 1.79 bits per heavy atom. The van der Waals surface area contributed by atoms with E-state index in [9.17, 15) is 18.3 Å². The highest BCUT2D eigenvalue weighted by atomic mass is 35.5. The Hall–Kier alpha value is -2.33. The van der Waals surface area contributed by atoms with Gasteiger partial charge in [0, 0.05) is 36.9 Å². The fourth-order valence-corrected chi connectivity index (χ4v) is 6.04. The highest BCUT2D eigenvalue weighted by Gasteiger charge is 2.29. The molecule has 0 saturated carbocycles. The minimum Gasteiger partial charge on any atom is -0.390 e. The Balaban J connectivity index is 0.00000533. The predicted octanol–water partition coefficient (Wildman–Crippen LogP) is 4.20. The van der Waals surface area contributed by atoms with E-state index in [0.29, 0.717) is 49.4 Å². The largest absolute Gasteiger partial charge is 0.390 e. The molecule has 3 atom stereocenters. The highest BCUT2D eigenvalue weighted by molar-refractivity contribution is 7.92. The molecule has 1 heterocycles. The molecule has 1 saturated heterocycles. The maximum atomic E-state index is 13.6. The quantitative estimate of drug-likeness (QED) is 0.317. The lowest BCUT2D eigenvalue weighted by molar-refractivity contribution is 0.0813. The van der Waals surface area contributed by atoms with Crippen molar-refractivity contribution in [3.63, 3.8) is 0 Å². The second-order valence-corrected chi connectivity index (χ2v) is 13.2. The Morgan fingerprint density at radius 3 is 2.41 bits per heavy atom. The van der Waals surface area contributed by atoms with E-state index in [1.165, 1.54) is 4.31 Å². The Kier molecular flexibility index (Phi) is 12.1. The first-order valence-electron chi connectivity index (χ1n) is 13.6. The van der Waals surface area contributed by atoms with E-state index < -0.39 is 22.2 Å². The molecule has 1 aliphatic heterocycles. The van der Waals surface area contributed by atoms with Crippen LogP contribution in [0.25, 0.3) is 0 Å². The number of hydrogen-bond acceptors (Lipinski definition) is 6. The second kappa shape index (κ2) is 14.3. The second-order valence-electron chi connectivity index (χ2n) is 11.2. The van der Waals surface area contributed by atoms with Crippen molar-refractivity contribution < 1.29 is 18.3 Å². The summed E-state index contributed by atoms with van der Waals surface area (Å²) in [6.07, 6.45) is 1.04. The molecule has 0 aromatic heterocycles. The minimum absolute atomic E-state index is 0. The van der Waals surface area contributed by atoms with E-state index in [0.717, 1.165) is 12.0 Å². The summed E-state index contributed by atoms with van der Waals surface area (Å²) in [7, 11) is -3.43. The smallest absolute Gasteiger partial charge is 0.251 e. The monoisotopic (exact) mass is 580 g/mol. The third-order valence-electron chi connectivity index (χ3n) is 7.21. The number of benzene rings is 2. The van der Waals surface area contributed by atoms with Crippen LogP contribution >= 0.6 is 12.4 Å². The number of anilines is 2. The zero-order valence-corrected chi connectivity index (χ0v) is 25.4. The van der Waals surface area contributed by atoms with E-state index in [2.05, 4.69) is 43.6 Å². The van der Waals surface area contributed by atoms with Crippen LogP contribution in [0.3, 0.4) is 0 Å². The number of nitrogens with one attached hydrogen (secondary N) is 3. The van der Waals surface area contributed by atoms with Crippen molar-refractivity contribution in [3.8, 4) is 0 Å². The van der Waals surface area contributed by atoms with Crippen LogP contribution in [0.1, 0.15) is 63.4 Å². The molecule has 218 valence electrons. The van der Waals surface area contributed by atoms with Crippen LogP contribution in [0.2, 0.25) is 0 Å². The lowest BCUT2D eigenvalue weighted by Crippen LogP contribution is -2.51. The molecule has 10 heteroatoms. The molecule has 1 aliphatic rings. The zero-order valence-electron chi connectivity index (χ0n) is 23.7. The molecular formula is C29H45ClN4O4S. The maximum Gasteiger partial charge on any atom is 0.251 e. The highest BCUT2D eigenvalue weighted by Crippen LogP contribution is 2.28. The number of sulfonamides is 1. The number of nitrogens with zero attached hydrogens (tertiary/aromatic N) is 1. The van der Waals surface area contributed by atoms with Crippen molar-refractivity contribution in [3.05, 3.63) is 59.7 Å². The fraction of sp³-hybridized carbons (Fsp3) is 0.552. The average Bonchev–Trinajstić information content (AvgIpc) is 2.86. The van der Waals surface area contributed by atoms with Gasteiger partial charge in [0.2, 0.25) is 10.0 Å². The van der Waals surface area contributed by atoms with Gasteiger partial charge in [-0.05, 0) is 62.3 Å². The predicted molar refractivity (Wildman–Crippen MR) is 163 cm³/mol. The van der Waals surface area contributed by atoms with Crippen LogP contribution in [-0.2, 0) is 16.4 Å². The van der Waals surface area contributed by atoms with Crippen molar-refractivity contribution in [2.75, 3.05) is 35.0 Å². The van der Waals surface area contributed by atoms with Crippen LogP contribution in [-0.4, -0.2) is 63.0 Å². The molecular weight excluding hydrogens is 536 g/mol. The van der Waals surface area contributed by atoms with Gasteiger partial charge in [-0.2, -0.15) is 0 Å². The molecule has 2 aromatic rings. The topological polar surface area (TPSA) is 111 Å². The number of aliphatic hydroxyl groups is 1. The van der Waals surface area contributed by atoms with Crippen molar-refractivity contribution in [2.24, 2.45) is 5.41 Å². The fourth-order valence-electron chi connectivity index (χ4n) is 4.42. The van der Waals surface area contributed by atoms with Crippen molar-refractivity contribution in [1.29, 1.82) is 0 Å². The first-order chi connectivity index (χ1) is 17.9. The van der Waals surface area contributed by atoms with Gasteiger partial charge in [-0.15, -0.1) is 12.4 Å². The molecule has 1 fully saturated rings. The number of hydrogen-bond donors (Lipinski definition) is 4. The molecule has 39 heavy (non-hydrogen) atoms. The molecule has 0 unspecified atom stereocenters. The van der Waals surface area contributed by atoms with E-state index in [-0.39, 0.29) is 35.5 Å². The molecule has 2 aromatic carbocycles. The molecule has 3 rings (SSSR count). The summed E-state index contributed by atoms with van der Waals surface area (Å²) in [6, 6.07) is 14.5.